The molecule has 1 aromatic carbocycles. The van der Waals surface area contributed by atoms with Gasteiger partial charge in [-0.1, -0.05) is 50.7 Å². The Kier molecular flexibility index (Phi) is 9.85. The maximum atomic E-state index is 12.8. The van der Waals surface area contributed by atoms with E-state index in [1.807, 2.05) is 24.3 Å². The van der Waals surface area contributed by atoms with Crippen molar-refractivity contribution in [1.29, 1.82) is 0 Å². The van der Waals surface area contributed by atoms with E-state index in [2.05, 4.69) is 5.32 Å². The Bertz CT molecular complexity index is 721. The van der Waals surface area contributed by atoms with Gasteiger partial charge >= 0.3 is 5.97 Å². The fraction of sp³-hybridized carbons (Fsp3) is 0.692. The molecule has 1 amide bonds. The molecule has 6 heteroatoms. The second-order valence-corrected chi connectivity index (χ2v) is 9.61. The third kappa shape index (κ3) is 7.51. The van der Waals surface area contributed by atoms with Crippen molar-refractivity contribution in [1.82, 2.24) is 5.32 Å². The molecule has 1 aromatic rings. The predicted octanol–water partition coefficient (Wildman–Crippen LogP) is 4.30. The van der Waals surface area contributed by atoms with Crippen molar-refractivity contribution in [3.05, 3.63) is 29.8 Å². The van der Waals surface area contributed by atoms with Gasteiger partial charge in [-0.15, -0.1) is 0 Å². The van der Waals surface area contributed by atoms with Gasteiger partial charge in [-0.25, -0.2) is 4.79 Å². The number of carbonyl (C=O) groups is 2. The van der Waals surface area contributed by atoms with E-state index in [0.29, 0.717) is 12.5 Å². The zero-order valence-electron chi connectivity index (χ0n) is 19.3. The van der Waals surface area contributed by atoms with Gasteiger partial charge in [0.05, 0.1) is 6.61 Å². The highest BCUT2D eigenvalue weighted by molar-refractivity contribution is 5.85. The van der Waals surface area contributed by atoms with Gasteiger partial charge in [-0.2, -0.15) is 0 Å². The fourth-order valence-electron chi connectivity index (χ4n) is 5.35. The Morgan fingerprint density at radius 2 is 1.72 bits per heavy atom. The number of carboxylic acid groups (broad SMARTS) is 1. The number of hydrogen-bond acceptors (Lipinski definition) is 4. The Morgan fingerprint density at radius 1 is 1.00 bits per heavy atom. The van der Waals surface area contributed by atoms with E-state index >= 15 is 0 Å². The van der Waals surface area contributed by atoms with Gasteiger partial charge in [0.1, 0.15) is 11.8 Å². The van der Waals surface area contributed by atoms with Crippen molar-refractivity contribution in [2.24, 2.45) is 23.5 Å². The summed E-state index contributed by atoms with van der Waals surface area (Å²) in [6.45, 7) is 1.41. The first-order valence-corrected chi connectivity index (χ1v) is 12.5. The number of aliphatic carboxylic acids is 1. The van der Waals surface area contributed by atoms with Gasteiger partial charge < -0.3 is 20.9 Å². The lowest BCUT2D eigenvalue weighted by Gasteiger charge is -2.39. The topological polar surface area (TPSA) is 102 Å². The minimum Gasteiger partial charge on any atom is -0.494 e. The van der Waals surface area contributed by atoms with Crippen LogP contribution in [0.15, 0.2) is 24.3 Å². The molecule has 4 atom stereocenters. The molecule has 0 spiro atoms. The third-order valence-electron chi connectivity index (χ3n) is 7.26. The average molecular weight is 445 g/mol. The van der Waals surface area contributed by atoms with Gasteiger partial charge in [0.15, 0.2) is 0 Å². The van der Waals surface area contributed by atoms with Crippen LogP contribution in [0.5, 0.6) is 5.75 Å². The largest absolute Gasteiger partial charge is 0.494 e. The van der Waals surface area contributed by atoms with E-state index in [-0.39, 0.29) is 18.2 Å². The van der Waals surface area contributed by atoms with Crippen LogP contribution in [0.2, 0.25) is 0 Å². The predicted molar refractivity (Wildman–Crippen MR) is 126 cm³/mol. The summed E-state index contributed by atoms with van der Waals surface area (Å²) in [4.78, 5) is 24.7. The summed E-state index contributed by atoms with van der Waals surface area (Å²) in [5.41, 5.74) is 6.38. The second-order valence-electron chi connectivity index (χ2n) is 9.61. The summed E-state index contributed by atoms with van der Waals surface area (Å²) in [6, 6.07) is 6.62. The molecule has 32 heavy (non-hydrogen) atoms. The molecule has 0 saturated heterocycles. The van der Waals surface area contributed by atoms with Crippen molar-refractivity contribution in [2.75, 3.05) is 13.2 Å². The second kappa shape index (κ2) is 12.8. The van der Waals surface area contributed by atoms with E-state index in [9.17, 15) is 14.7 Å². The van der Waals surface area contributed by atoms with Crippen LogP contribution in [0.1, 0.15) is 76.2 Å². The Balaban J connectivity index is 1.45. The number of nitrogens with one attached hydrogen (secondary N) is 1. The summed E-state index contributed by atoms with van der Waals surface area (Å²) in [5, 5.41) is 12.5. The number of benzene rings is 1. The minimum absolute atomic E-state index is 0.0446. The number of rotatable bonds is 12. The zero-order valence-corrected chi connectivity index (χ0v) is 19.3. The lowest BCUT2D eigenvalue weighted by atomic mass is 9.67. The van der Waals surface area contributed by atoms with Crippen LogP contribution in [0, 0.1) is 17.8 Å². The molecular weight excluding hydrogens is 404 g/mol. The molecule has 2 fully saturated rings. The van der Waals surface area contributed by atoms with Crippen LogP contribution >= 0.6 is 0 Å². The molecule has 6 nitrogen and oxygen atoms in total. The van der Waals surface area contributed by atoms with Gasteiger partial charge in [0, 0.05) is 12.3 Å². The summed E-state index contributed by atoms with van der Waals surface area (Å²) >= 11 is 0. The maximum absolute atomic E-state index is 12.8. The van der Waals surface area contributed by atoms with Crippen molar-refractivity contribution >= 4 is 11.9 Å². The normalized spacial score (nSPS) is 23.7. The average Bonchev–Trinajstić information content (AvgIpc) is 2.81. The number of hydrogen-bond donors (Lipinski definition) is 3. The number of fused-ring (bicyclic) bond motifs is 1. The standard InChI is InChI=1S/C26H40N2O4/c27-15-5-1-2-6-16-32-23-13-9-19(10-14-23)17-24(26(30)31)28-25(29)22-12-11-20-7-3-4-8-21(20)18-22/h9-10,13-14,20-22,24H,1-8,11-12,15-18,27H2,(H,28,29)(H,30,31). The van der Waals surface area contributed by atoms with Crippen molar-refractivity contribution in [2.45, 2.75) is 83.1 Å². The molecule has 3 rings (SSSR count). The molecule has 0 heterocycles. The van der Waals surface area contributed by atoms with Crippen molar-refractivity contribution in [3.8, 4) is 5.75 Å². The number of carbonyl (C=O) groups excluding carboxylic acids is 1. The van der Waals surface area contributed by atoms with E-state index in [1.54, 1.807) is 0 Å². The highest BCUT2D eigenvalue weighted by Crippen LogP contribution is 2.42. The van der Waals surface area contributed by atoms with E-state index in [4.69, 9.17) is 10.5 Å². The first kappa shape index (κ1) is 24.6. The van der Waals surface area contributed by atoms with E-state index in [1.165, 1.54) is 25.7 Å². The molecule has 4 unspecified atom stereocenters. The first-order chi connectivity index (χ1) is 15.6. The molecule has 0 bridgehead atoms. The molecular formula is C26H40N2O4. The smallest absolute Gasteiger partial charge is 0.326 e. The lowest BCUT2D eigenvalue weighted by Crippen LogP contribution is -2.46. The van der Waals surface area contributed by atoms with Crippen LogP contribution in [-0.2, 0) is 16.0 Å². The Hall–Kier alpha value is -2.08. The first-order valence-electron chi connectivity index (χ1n) is 12.5. The highest BCUT2D eigenvalue weighted by atomic mass is 16.5. The van der Waals surface area contributed by atoms with Gasteiger partial charge in [0.2, 0.25) is 5.91 Å². The zero-order chi connectivity index (χ0) is 22.8. The number of amides is 1. The van der Waals surface area contributed by atoms with Crippen LogP contribution in [0.4, 0.5) is 0 Å². The molecule has 2 saturated carbocycles. The summed E-state index contributed by atoms with van der Waals surface area (Å²) in [6.07, 6.45) is 12.6. The van der Waals surface area contributed by atoms with Crippen molar-refractivity contribution < 1.29 is 19.4 Å². The Morgan fingerprint density at radius 3 is 2.44 bits per heavy atom. The fourth-order valence-corrected chi connectivity index (χ4v) is 5.35. The molecule has 0 aromatic heterocycles. The summed E-state index contributed by atoms with van der Waals surface area (Å²) in [7, 11) is 0. The summed E-state index contributed by atoms with van der Waals surface area (Å²) in [5.74, 6) is 1.09. The molecule has 178 valence electrons. The van der Waals surface area contributed by atoms with Crippen LogP contribution in [0.3, 0.4) is 0 Å². The number of ether oxygens (including phenoxy) is 1. The number of carboxylic acids is 1. The minimum atomic E-state index is -0.984. The van der Waals surface area contributed by atoms with Crippen LogP contribution in [-0.4, -0.2) is 36.2 Å². The molecule has 4 N–H and O–H groups in total. The Labute approximate surface area is 192 Å². The van der Waals surface area contributed by atoms with Crippen LogP contribution in [0.25, 0.3) is 0 Å². The van der Waals surface area contributed by atoms with Gasteiger partial charge in [0.25, 0.3) is 0 Å². The maximum Gasteiger partial charge on any atom is 0.326 e. The molecule has 2 aliphatic rings. The molecule has 2 aliphatic carbocycles. The third-order valence-corrected chi connectivity index (χ3v) is 7.26. The molecule has 0 aliphatic heterocycles. The van der Waals surface area contributed by atoms with E-state index < -0.39 is 12.0 Å². The molecule has 0 radical (unpaired) electrons. The monoisotopic (exact) mass is 444 g/mol. The quantitative estimate of drug-likeness (QED) is 0.417. The SMILES string of the molecule is NCCCCCCOc1ccc(CC(NC(=O)C2CCC3CCCCC3C2)C(=O)O)cc1. The van der Waals surface area contributed by atoms with Gasteiger partial charge in [-0.3, -0.25) is 4.79 Å². The highest BCUT2D eigenvalue weighted by Gasteiger charge is 2.36. The van der Waals surface area contributed by atoms with E-state index in [0.717, 1.165) is 68.7 Å². The number of nitrogens with two attached hydrogens (primary N) is 1. The number of unbranched alkanes of at least 4 members (excludes halogenated alkanes) is 3. The van der Waals surface area contributed by atoms with Crippen LogP contribution < -0.4 is 15.8 Å². The lowest BCUT2D eigenvalue weighted by molar-refractivity contribution is -0.142. The van der Waals surface area contributed by atoms with Gasteiger partial charge in [-0.05, 0) is 68.2 Å². The van der Waals surface area contributed by atoms with Crippen molar-refractivity contribution in [3.63, 3.8) is 0 Å². The summed E-state index contributed by atoms with van der Waals surface area (Å²) < 4.78 is 5.76.